The van der Waals surface area contributed by atoms with Gasteiger partial charge in [0.15, 0.2) is 0 Å². The van der Waals surface area contributed by atoms with Gasteiger partial charge in [-0.1, -0.05) is 36.4 Å². The zero-order valence-corrected chi connectivity index (χ0v) is 11.6. The van der Waals surface area contributed by atoms with Crippen LogP contribution in [0, 0.1) is 0 Å². The SMILES string of the molecule is O=C1C=Cc2nc3ccccc3c3c2c1nc1ccccc13. The van der Waals surface area contributed by atoms with Gasteiger partial charge in [-0.3, -0.25) is 4.79 Å². The van der Waals surface area contributed by atoms with Crippen LogP contribution in [-0.4, -0.2) is 15.8 Å². The summed E-state index contributed by atoms with van der Waals surface area (Å²) in [6.07, 6.45) is 3.35. The molecule has 2 heterocycles. The average Bonchev–Trinajstić information content (AvgIpc) is 2.57. The van der Waals surface area contributed by atoms with Gasteiger partial charge >= 0.3 is 0 Å². The van der Waals surface area contributed by atoms with Crippen LogP contribution in [0.1, 0.15) is 16.2 Å². The maximum absolute atomic E-state index is 12.3. The number of pyridine rings is 2. The number of hydrogen-bond donors (Lipinski definition) is 0. The molecule has 3 nitrogen and oxygen atoms in total. The molecule has 1 aliphatic rings. The molecular formula is C19H10N2O. The first-order valence-corrected chi connectivity index (χ1v) is 7.16. The molecule has 0 N–H and O–H groups in total. The Balaban J connectivity index is 2.21. The number of allylic oxidation sites excluding steroid dienone is 1. The number of para-hydroxylation sites is 2. The van der Waals surface area contributed by atoms with Crippen LogP contribution in [0.3, 0.4) is 0 Å². The van der Waals surface area contributed by atoms with Gasteiger partial charge in [0.25, 0.3) is 0 Å². The van der Waals surface area contributed by atoms with Crippen molar-refractivity contribution in [2.75, 3.05) is 0 Å². The lowest BCUT2D eigenvalue weighted by molar-refractivity contribution is 0.104. The Labute approximate surface area is 125 Å². The van der Waals surface area contributed by atoms with Gasteiger partial charge in [0.1, 0.15) is 5.69 Å². The second-order valence-corrected chi connectivity index (χ2v) is 5.44. The Bertz CT molecular complexity index is 1130. The molecule has 5 rings (SSSR count). The number of fused-ring (bicyclic) bond motifs is 4. The molecule has 0 fully saturated rings. The highest BCUT2D eigenvalue weighted by atomic mass is 16.1. The first-order chi connectivity index (χ1) is 10.8. The Morgan fingerprint density at radius 2 is 1.32 bits per heavy atom. The number of ketones is 1. The predicted octanol–water partition coefficient (Wildman–Crippen LogP) is 4.15. The summed E-state index contributed by atoms with van der Waals surface area (Å²) in [5.41, 5.74) is 3.10. The number of benzene rings is 2. The lowest BCUT2D eigenvalue weighted by Crippen LogP contribution is -2.07. The van der Waals surface area contributed by atoms with E-state index in [9.17, 15) is 4.79 Å². The molecule has 0 saturated heterocycles. The number of aromatic nitrogens is 2. The van der Waals surface area contributed by atoms with Crippen molar-refractivity contribution in [3.63, 3.8) is 0 Å². The lowest BCUT2D eigenvalue weighted by Gasteiger charge is -2.15. The zero-order chi connectivity index (χ0) is 14.7. The summed E-state index contributed by atoms with van der Waals surface area (Å²) >= 11 is 0. The summed E-state index contributed by atoms with van der Waals surface area (Å²) in [5.74, 6) is -0.0552. The Kier molecular flexibility index (Phi) is 2.09. The monoisotopic (exact) mass is 282 g/mol. The molecule has 2 aromatic heterocycles. The second kappa shape index (κ2) is 3.98. The van der Waals surface area contributed by atoms with Gasteiger partial charge in [-0.05, 0) is 24.3 Å². The minimum atomic E-state index is -0.0552. The van der Waals surface area contributed by atoms with Gasteiger partial charge < -0.3 is 0 Å². The summed E-state index contributed by atoms with van der Waals surface area (Å²) in [6.45, 7) is 0. The van der Waals surface area contributed by atoms with E-state index in [0.29, 0.717) is 5.69 Å². The van der Waals surface area contributed by atoms with Crippen molar-refractivity contribution in [2.45, 2.75) is 0 Å². The topological polar surface area (TPSA) is 42.9 Å². The summed E-state index contributed by atoms with van der Waals surface area (Å²) in [4.78, 5) is 21.6. The molecule has 102 valence electrons. The van der Waals surface area contributed by atoms with E-state index < -0.39 is 0 Å². The fourth-order valence-electron chi connectivity index (χ4n) is 3.24. The first-order valence-electron chi connectivity index (χ1n) is 7.16. The first kappa shape index (κ1) is 11.6. The van der Waals surface area contributed by atoms with Crippen LogP contribution >= 0.6 is 0 Å². The van der Waals surface area contributed by atoms with Gasteiger partial charge in [0.05, 0.1) is 16.7 Å². The summed E-state index contributed by atoms with van der Waals surface area (Å²) < 4.78 is 0. The smallest absolute Gasteiger partial charge is 0.204 e. The summed E-state index contributed by atoms with van der Waals surface area (Å²) in [5, 5.41) is 4.05. The number of rotatable bonds is 0. The fourth-order valence-corrected chi connectivity index (χ4v) is 3.24. The minimum Gasteiger partial charge on any atom is -0.288 e. The lowest BCUT2D eigenvalue weighted by atomic mass is 9.94. The number of hydrogen-bond acceptors (Lipinski definition) is 3. The van der Waals surface area contributed by atoms with E-state index >= 15 is 0 Å². The molecule has 4 aromatic rings. The maximum Gasteiger partial charge on any atom is 0.204 e. The fraction of sp³-hybridized carbons (Fsp3) is 0. The van der Waals surface area contributed by atoms with Crippen molar-refractivity contribution >= 4 is 44.4 Å². The highest BCUT2D eigenvalue weighted by Gasteiger charge is 2.21. The molecule has 3 heteroatoms. The summed E-state index contributed by atoms with van der Waals surface area (Å²) in [7, 11) is 0. The summed E-state index contributed by atoms with van der Waals surface area (Å²) in [6, 6.07) is 16.0. The molecule has 0 radical (unpaired) electrons. The van der Waals surface area contributed by atoms with E-state index in [-0.39, 0.29) is 5.78 Å². The van der Waals surface area contributed by atoms with Crippen LogP contribution in [0.4, 0.5) is 0 Å². The van der Waals surface area contributed by atoms with Crippen LogP contribution < -0.4 is 0 Å². The molecule has 0 aliphatic heterocycles. The van der Waals surface area contributed by atoms with Crippen LogP contribution in [0.2, 0.25) is 0 Å². The van der Waals surface area contributed by atoms with E-state index in [4.69, 9.17) is 4.98 Å². The van der Waals surface area contributed by atoms with Crippen molar-refractivity contribution < 1.29 is 4.79 Å². The second-order valence-electron chi connectivity index (χ2n) is 5.44. The van der Waals surface area contributed by atoms with E-state index in [1.165, 1.54) is 0 Å². The highest BCUT2D eigenvalue weighted by molar-refractivity contribution is 6.28. The molecule has 0 atom stereocenters. The minimum absolute atomic E-state index is 0.0552. The Morgan fingerprint density at radius 3 is 2.05 bits per heavy atom. The molecule has 0 unspecified atom stereocenters. The van der Waals surface area contributed by atoms with Crippen LogP contribution in [-0.2, 0) is 0 Å². The van der Waals surface area contributed by atoms with E-state index in [1.54, 1.807) is 12.2 Å². The Morgan fingerprint density at radius 1 is 0.682 bits per heavy atom. The zero-order valence-electron chi connectivity index (χ0n) is 11.6. The van der Waals surface area contributed by atoms with Crippen molar-refractivity contribution in [1.29, 1.82) is 0 Å². The van der Waals surface area contributed by atoms with Gasteiger partial charge in [-0.15, -0.1) is 0 Å². The predicted molar refractivity (Wildman–Crippen MR) is 87.9 cm³/mol. The molecule has 0 spiro atoms. The Hall–Kier alpha value is -3.07. The molecule has 0 bridgehead atoms. The highest BCUT2D eigenvalue weighted by Crippen LogP contribution is 2.36. The maximum atomic E-state index is 12.3. The van der Waals surface area contributed by atoms with Gasteiger partial charge in [-0.25, -0.2) is 9.97 Å². The molecular weight excluding hydrogens is 272 g/mol. The van der Waals surface area contributed by atoms with Crippen molar-refractivity contribution in [3.05, 3.63) is 66.0 Å². The van der Waals surface area contributed by atoms with Gasteiger partial charge in [0.2, 0.25) is 5.78 Å². The van der Waals surface area contributed by atoms with Crippen LogP contribution in [0.25, 0.3) is 38.7 Å². The largest absolute Gasteiger partial charge is 0.288 e. The molecule has 0 saturated carbocycles. The standard InChI is InChI=1S/C19H10N2O/c22-16-10-9-15-18-17(11-5-1-3-7-13(11)20-15)12-6-2-4-8-14(12)21-19(16)18/h1-10H. The number of carbonyl (C=O) groups is 1. The quantitative estimate of drug-likeness (QED) is 0.455. The molecule has 0 amide bonds. The molecule has 2 aromatic carbocycles. The number of carbonyl (C=O) groups excluding carboxylic acids is 1. The van der Waals surface area contributed by atoms with Crippen molar-refractivity contribution in [1.82, 2.24) is 9.97 Å². The van der Waals surface area contributed by atoms with Gasteiger partial charge in [-0.2, -0.15) is 0 Å². The molecule has 1 aliphatic carbocycles. The average molecular weight is 282 g/mol. The van der Waals surface area contributed by atoms with E-state index in [2.05, 4.69) is 17.1 Å². The van der Waals surface area contributed by atoms with E-state index in [0.717, 1.165) is 38.3 Å². The van der Waals surface area contributed by atoms with Crippen molar-refractivity contribution in [2.24, 2.45) is 0 Å². The molecule has 22 heavy (non-hydrogen) atoms. The van der Waals surface area contributed by atoms with E-state index in [1.807, 2.05) is 36.4 Å². The normalized spacial score (nSPS) is 13.4. The third-order valence-corrected chi connectivity index (χ3v) is 4.19. The van der Waals surface area contributed by atoms with Crippen molar-refractivity contribution in [3.8, 4) is 0 Å². The number of nitrogens with zero attached hydrogens (tertiary/aromatic N) is 2. The van der Waals surface area contributed by atoms with Crippen LogP contribution in [0.15, 0.2) is 54.6 Å². The third-order valence-electron chi connectivity index (χ3n) is 4.19. The van der Waals surface area contributed by atoms with Gasteiger partial charge in [0, 0.05) is 21.5 Å². The third kappa shape index (κ3) is 1.37. The van der Waals surface area contributed by atoms with Crippen LogP contribution in [0.5, 0.6) is 0 Å².